The number of carbonyl (C=O) groups excluding carboxylic acids is 1. The van der Waals surface area contributed by atoms with Gasteiger partial charge in [0.25, 0.3) is 0 Å². The van der Waals surface area contributed by atoms with Crippen molar-refractivity contribution in [2.24, 2.45) is 5.92 Å². The second-order valence-corrected chi connectivity index (χ2v) is 5.78. The van der Waals surface area contributed by atoms with Gasteiger partial charge in [-0.2, -0.15) is 0 Å². The topological polar surface area (TPSA) is 58.4 Å². The smallest absolute Gasteiger partial charge is 0.241 e. The lowest BCUT2D eigenvalue weighted by molar-refractivity contribution is -0.122. The van der Waals surface area contributed by atoms with Crippen molar-refractivity contribution in [3.8, 4) is 0 Å². The first kappa shape index (κ1) is 17.5. The van der Waals surface area contributed by atoms with Crippen LogP contribution < -0.4 is 11.1 Å². The molecule has 0 aliphatic rings. The maximum absolute atomic E-state index is 12.6. The number of anilines is 2. The summed E-state index contributed by atoms with van der Waals surface area (Å²) in [4.78, 5) is 14.9. The monoisotopic (exact) mass is 291 g/mol. The summed E-state index contributed by atoms with van der Waals surface area (Å²) in [5.74, 6) is 0.336. The van der Waals surface area contributed by atoms with Crippen LogP contribution in [0.25, 0.3) is 0 Å². The molecule has 1 unspecified atom stereocenters. The van der Waals surface area contributed by atoms with Crippen molar-refractivity contribution in [3.05, 3.63) is 24.3 Å². The quantitative estimate of drug-likeness (QED) is 0.722. The van der Waals surface area contributed by atoms with Crippen LogP contribution in [0.5, 0.6) is 0 Å². The molecule has 0 heterocycles. The summed E-state index contributed by atoms with van der Waals surface area (Å²) >= 11 is 0. The van der Waals surface area contributed by atoms with Gasteiger partial charge in [-0.3, -0.25) is 9.69 Å². The van der Waals surface area contributed by atoms with Crippen molar-refractivity contribution < 1.29 is 4.79 Å². The predicted molar refractivity (Wildman–Crippen MR) is 90.3 cm³/mol. The molecule has 4 nitrogen and oxygen atoms in total. The van der Waals surface area contributed by atoms with Crippen LogP contribution in [0.2, 0.25) is 0 Å². The summed E-state index contributed by atoms with van der Waals surface area (Å²) in [5.41, 5.74) is 7.17. The molecular formula is C17H29N3O. The van der Waals surface area contributed by atoms with Crippen molar-refractivity contribution in [3.63, 3.8) is 0 Å². The standard InChI is InChI=1S/C17H29N3O/c1-5-7-12-20(6-2)16(13(3)4)17(21)19-15-10-8-14(18)9-11-15/h8-11,13,16H,5-7,12,18H2,1-4H3,(H,19,21). The fourth-order valence-corrected chi connectivity index (χ4v) is 2.53. The zero-order valence-corrected chi connectivity index (χ0v) is 13.7. The van der Waals surface area contributed by atoms with E-state index in [1.165, 1.54) is 0 Å². The van der Waals surface area contributed by atoms with Gasteiger partial charge in [0.1, 0.15) is 0 Å². The number of nitrogens with zero attached hydrogens (tertiary/aromatic N) is 1. The van der Waals surface area contributed by atoms with Gasteiger partial charge in [-0.15, -0.1) is 0 Å². The molecule has 1 aromatic carbocycles. The first-order valence-corrected chi connectivity index (χ1v) is 7.90. The van der Waals surface area contributed by atoms with Crippen LogP contribution in [0.3, 0.4) is 0 Å². The molecule has 0 radical (unpaired) electrons. The average molecular weight is 291 g/mol. The van der Waals surface area contributed by atoms with Crippen molar-refractivity contribution >= 4 is 17.3 Å². The molecule has 118 valence electrons. The number of amides is 1. The number of hydrogen-bond acceptors (Lipinski definition) is 3. The zero-order valence-electron chi connectivity index (χ0n) is 13.7. The van der Waals surface area contributed by atoms with Crippen LogP contribution >= 0.6 is 0 Å². The van der Waals surface area contributed by atoms with E-state index < -0.39 is 0 Å². The minimum absolute atomic E-state index is 0.0627. The highest BCUT2D eigenvalue weighted by Gasteiger charge is 2.27. The van der Waals surface area contributed by atoms with Gasteiger partial charge < -0.3 is 11.1 Å². The Morgan fingerprint density at radius 3 is 2.33 bits per heavy atom. The highest BCUT2D eigenvalue weighted by atomic mass is 16.2. The molecule has 0 aliphatic heterocycles. The maximum atomic E-state index is 12.6. The van der Waals surface area contributed by atoms with Crippen molar-refractivity contribution in [2.45, 2.75) is 46.6 Å². The largest absolute Gasteiger partial charge is 0.399 e. The molecule has 0 saturated carbocycles. The lowest BCUT2D eigenvalue weighted by Crippen LogP contribution is -2.47. The summed E-state index contributed by atoms with van der Waals surface area (Å²) in [6.45, 7) is 10.3. The maximum Gasteiger partial charge on any atom is 0.241 e. The second-order valence-electron chi connectivity index (χ2n) is 5.78. The number of hydrogen-bond donors (Lipinski definition) is 2. The Balaban J connectivity index is 2.78. The molecule has 0 aliphatic carbocycles. The van der Waals surface area contributed by atoms with Crippen molar-refractivity contribution in [1.29, 1.82) is 0 Å². The summed E-state index contributed by atoms with van der Waals surface area (Å²) in [6.07, 6.45) is 2.26. The number of benzene rings is 1. The number of nitrogens with one attached hydrogen (secondary N) is 1. The normalized spacial score (nSPS) is 12.7. The van der Waals surface area contributed by atoms with E-state index in [0.29, 0.717) is 5.69 Å². The van der Waals surface area contributed by atoms with Gasteiger partial charge in [0, 0.05) is 11.4 Å². The molecule has 1 atom stereocenters. The number of nitrogens with two attached hydrogens (primary N) is 1. The first-order chi connectivity index (χ1) is 9.99. The molecule has 0 fully saturated rings. The minimum atomic E-state index is -0.0981. The molecule has 1 aromatic rings. The molecule has 21 heavy (non-hydrogen) atoms. The van der Waals surface area contributed by atoms with Crippen molar-refractivity contribution in [1.82, 2.24) is 4.90 Å². The van der Waals surface area contributed by atoms with Crippen LogP contribution in [0.1, 0.15) is 40.5 Å². The summed E-state index contributed by atoms with van der Waals surface area (Å²) in [7, 11) is 0. The minimum Gasteiger partial charge on any atom is -0.399 e. The summed E-state index contributed by atoms with van der Waals surface area (Å²) in [6, 6.07) is 7.18. The van der Waals surface area contributed by atoms with Gasteiger partial charge >= 0.3 is 0 Å². The van der Waals surface area contributed by atoms with E-state index in [0.717, 1.165) is 31.6 Å². The third-order valence-corrected chi connectivity index (χ3v) is 3.68. The fraction of sp³-hybridized carbons (Fsp3) is 0.588. The van der Waals surface area contributed by atoms with Gasteiger partial charge in [-0.25, -0.2) is 0 Å². The first-order valence-electron chi connectivity index (χ1n) is 7.90. The zero-order chi connectivity index (χ0) is 15.8. The van der Waals surface area contributed by atoms with Gasteiger partial charge in [0.15, 0.2) is 0 Å². The van der Waals surface area contributed by atoms with Gasteiger partial charge in [0.05, 0.1) is 6.04 Å². The molecule has 3 N–H and O–H groups in total. The highest BCUT2D eigenvalue weighted by Crippen LogP contribution is 2.16. The Kier molecular flexibility index (Phi) is 7.23. The highest BCUT2D eigenvalue weighted by molar-refractivity contribution is 5.95. The number of nitrogen functional groups attached to an aromatic ring is 1. The fourth-order valence-electron chi connectivity index (χ4n) is 2.53. The summed E-state index contributed by atoms with van der Waals surface area (Å²) < 4.78 is 0. The van der Waals surface area contributed by atoms with Crippen LogP contribution in [-0.2, 0) is 4.79 Å². The Bertz CT molecular complexity index is 428. The average Bonchev–Trinajstić information content (AvgIpc) is 2.45. The van der Waals surface area contributed by atoms with Crippen molar-refractivity contribution in [2.75, 3.05) is 24.1 Å². The van der Waals surface area contributed by atoms with Gasteiger partial charge in [-0.1, -0.05) is 34.1 Å². The molecule has 0 spiro atoms. The van der Waals surface area contributed by atoms with Crippen LogP contribution in [0.4, 0.5) is 11.4 Å². The number of carbonyl (C=O) groups is 1. The van der Waals surface area contributed by atoms with E-state index in [-0.39, 0.29) is 17.9 Å². The van der Waals surface area contributed by atoms with Gasteiger partial charge in [-0.05, 0) is 49.7 Å². The molecule has 0 aromatic heterocycles. The number of rotatable bonds is 8. The van der Waals surface area contributed by atoms with E-state index >= 15 is 0 Å². The lowest BCUT2D eigenvalue weighted by Gasteiger charge is -2.32. The second kappa shape index (κ2) is 8.67. The summed E-state index contributed by atoms with van der Waals surface area (Å²) in [5, 5.41) is 3.01. The Morgan fingerprint density at radius 1 is 1.24 bits per heavy atom. The Hall–Kier alpha value is -1.55. The van der Waals surface area contributed by atoms with Crippen LogP contribution in [0.15, 0.2) is 24.3 Å². The van der Waals surface area contributed by atoms with E-state index in [9.17, 15) is 4.79 Å². The van der Waals surface area contributed by atoms with E-state index in [1.54, 1.807) is 12.1 Å². The third-order valence-electron chi connectivity index (χ3n) is 3.68. The molecule has 1 rings (SSSR count). The molecule has 4 heteroatoms. The van der Waals surface area contributed by atoms with E-state index in [1.807, 2.05) is 12.1 Å². The van der Waals surface area contributed by atoms with E-state index in [2.05, 4.69) is 37.9 Å². The van der Waals surface area contributed by atoms with Crippen LogP contribution in [0, 0.1) is 5.92 Å². The van der Waals surface area contributed by atoms with Gasteiger partial charge in [0.2, 0.25) is 5.91 Å². The molecular weight excluding hydrogens is 262 g/mol. The Morgan fingerprint density at radius 2 is 1.86 bits per heavy atom. The number of likely N-dealkylation sites (N-methyl/N-ethyl adjacent to an activating group) is 1. The number of unbranched alkanes of at least 4 members (excludes halogenated alkanes) is 1. The Labute approximate surface area is 128 Å². The van der Waals surface area contributed by atoms with E-state index in [4.69, 9.17) is 5.73 Å². The lowest BCUT2D eigenvalue weighted by atomic mass is 10.0. The SMILES string of the molecule is CCCCN(CC)C(C(=O)Nc1ccc(N)cc1)C(C)C. The molecule has 0 bridgehead atoms. The third kappa shape index (κ3) is 5.38. The van der Waals surface area contributed by atoms with Crippen LogP contribution in [-0.4, -0.2) is 29.9 Å². The predicted octanol–water partition coefficient (Wildman–Crippen LogP) is 3.35. The molecule has 1 amide bonds. The molecule has 0 saturated heterocycles.